The van der Waals surface area contributed by atoms with E-state index in [4.69, 9.17) is 30.2 Å². The van der Waals surface area contributed by atoms with Gasteiger partial charge < -0.3 is 18.6 Å². The van der Waals surface area contributed by atoms with Gasteiger partial charge >= 0.3 is 5.97 Å². The second-order valence-electron chi connectivity index (χ2n) is 6.47. The van der Waals surface area contributed by atoms with Gasteiger partial charge in [0.15, 0.2) is 17.6 Å². The summed E-state index contributed by atoms with van der Waals surface area (Å²) in [6.45, 7) is 3.63. The summed E-state index contributed by atoms with van der Waals surface area (Å²) in [6.07, 6.45) is 2.14. The first-order chi connectivity index (χ1) is 14.4. The fourth-order valence-electron chi connectivity index (χ4n) is 2.76. The van der Waals surface area contributed by atoms with E-state index in [0.717, 1.165) is 11.1 Å². The molecule has 0 N–H and O–H groups in total. The average Bonchev–Trinajstić information content (AvgIpc) is 3.22. The van der Waals surface area contributed by atoms with E-state index in [0.29, 0.717) is 28.0 Å². The Hall–Kier alpha value is -3.32. The number of carbonyl (C=O) groups excluding carboxylic acids is 1. The SMILES string of the molecule is COc1cc(/C=C/C(=O)OC(C)c2nnc(-c3cccc(C)c3)o2)cc(Cl)c1OC. The fraction of sp³-hybridized carbons (Fsp3) is 0.227. The van der Waals surface area contributed by atoms with E-state index in [-0.39, 0.29) is 5.89 Å². The molecule has 1 atom stereocenters. The summed E-state index contributed by atoms with van der Waals surface area (Å²) in [4.78, 5) is 12.2. The van der Waals surface area contributed by atoms with Gasteiger partial charge in [0.1, 0.15) is 0 Å². The molecule has 0 saturated heterocycles. The first kappa shape index (κ1) is 21.4. The van der Waals surface area contributed by atoms with Gasteiger partial charge in [-0.2, -0.15) is 0 Å². The highest BCUT2D eigenvalue weighted by Gasteiger charge is 2.18. The minimum atomic E-state index is -0.706. The monoisotopic (exact) mass is 428 g/mol. The van der Waals surface area contributed by atoms with Gasteiger partial charge in [0.25, 0.3) is 5.89 Å². The molecule has 0 amide bonds. The Labute approximate surface area is 179 Å². The number of aryl methyl sites for hydroxylation is 1. The lowest BCUT2D eigenvalue weighted by atomic mass is 10.1. The molecular weight excluding hydrogens is 408 g/mol. The van der Waals surface area contributed by atoms with E-state index >= 15 is 0 Å². The first-order valence-corrected chi connectivity index (χ1v) is 9.49. The van der Waals surface area contributed by atoms with Crippen molar-refractivity contribution in [3.8, 4) is 23.0 Å². The third kappa shape index (κ3) is 4.99. The van der Waals surface area contributed by atoms with Crippen molar-refractivity contribution in [1.82, 2.24) is 10.2 Å². The smallest absolute Gasteiger partial charge is 0.331 e. The van der Waals surface area contributed by atoms with Crippen molar-refractivity contribution < 1.29 is 23.4 Å². The molecule has 156 valence electrons. The Kier molecular flexibility index (Phi) is 6.74. The summed E-state index contributed by atoms with van der Waals surface area (Å²) in [7, 11) is 3.01. The van der Waals surface area contributed by atoms with Crippen LogP contribution in [0.4, 0.5) is 0 Å². The normalized spacial score (nSPS) is 12.0. The van der Waals surface area contributed by atoms with Crippen molar-refractivity contribution in [1.29, 1.82) is 0 Å². The van der Waals surface area contributed by atoms with Crippen LogP contribution in [-0.4, -0.2) is 30.4 Å². The van der Waals surface area contributed by atoms with Gasteiger partial charge in [-0.15, -0.1) is 10.2 Å². The zero-order chi connectivity index (χ0) is 21.7. The van der Waals surface area contributed by atoms with Crippen molar-refractivity contribution in [2.75, 3.05) is 14.2 Å². The Balaban J connectivity index is 1.67. The van der Waals surface area contributed by atoms with Crippen LogP contribution in [0.1, 0.15) is 30.0 Å². The molecule has 0 aliphatic heterocycles. The number of hydrogen-bond acceptors (Lipinski definition) is 7. The second kappa shape index (κ2) is 9.45. The predicted octanol–water partition coefficient (Wildman–Crippen LogP) is 5.03. The third-order valence-corrected chi connectivity index (χ3v) is 4.49. The van der Waals surface area contributed by atoms with E-state index in [1.807, 2.05) is 31.2 Å². The molecular formula is C22H21ClN2O5. The Bertz CT molecular complexity index is 1080. The average molecular weight is 429 g/mol. The maximum Gasteiger partial charge on any atom is 0.331 e. The van der Waals surface area contributed by atoms with Crippen LogP contribution >= 0.6 is 11.6 Å². The van der Waals surface area contributed by atoms with Gasteiger partial charge in [-0.1, -0.05) is 29.3 Å². The van der Waals surface area contributed by atoms with Crippen molar-refractivity contribution in [3.63, 3.8) is 0 Å². The standard InChI is InChI=1S/C22H21ClN2O5/c1-13-6-5-7-16(10-13)22-25-24-21(30-22)14(2)29-19(26)9-8-15-11-17(23)20(28-4)18(12-15)27-3/h5-12,14H,1-4H3/b9-8+. The summed E-state index contributed by atoms with van der Waals surface area (Å²) in [5.74, 6) is 0.896. The number of nitrogens with zero attached hydrogens (tertiary/aromatic N) is 2. The predicted molar refractivity (Wildman–Crippen MR) is 113 cm³/mol. The number of aromatic nitrogens is 2. The van der Waals surface area contributed by atoms with Gasteiger partial charge in [-0.3, -0.25) is 0 Å². The number of halogens is 1. The Morgan fingerprint density at radius 3 is 2.67 bits per heavy atom. The molecule has 0 fully saturated rings. The van der Waals surface area contributed by atoms with E-state index in [1.54, 1.807) is 25.1 Å². The van der Waals surface area contributed by atoms with Crippen LogP contribution in [0.25, 0.3) is 17.5 Å². The molecule has 3 rings (SSSR count). The van der Waals surface area contributed by atoms with Crippen LogP contribution < -0.4 is 9.47 Å². The van der Waals surface area contributed by atoms with Gasteiger partial charge in [-0.25, -0.2) is 4.79 Å². The summed E-state index contributed by atoms with van der Waals surface area (Å²) >= 11 is 6.17. The van der Waals surface area contributed by atoms with Crippen molar-refractivity contribution >= 4 is 23.6 Å². The van der Waals surface area contributed by atoms with Gasteiger partial charge in [0.05, 0.1) is 19.2 Å². The highest BCUT2D eigenvalue weighted by Crippen LogP contribution is 2.36. The number of rotatable bonds is 7. The Morgan fingerprint density at radius 1 is 1.17 bits per heavy atom. The molecule has 1 unspecified atom stereocenters. The quantitative estimate of drug-likeness (QED) is 0.385. The third-order valence-electron chi connectivity index (χ3n) is 4.21. The number of hydrogen-bond donors (Lipinski definition) is 0. The highest BCUT2D eigenvalue weighted by molar-refractivity contribution is 6.32. The zero-order valence-corrected chi connectivity index (χ0v) is 17.8. The van der Waals surface area contributed by atoms with E-state index < -0.39 is 12.1 Å². The lowest BCUT2D eigenvalue weighted by molar-refractivity contribution is -0.143. The number of esters is 1. The van der Waals surface area contributed by atoms with Crippen LogP contribution in [0.3, 0.4) is 0 Å². The molecule has 0 spiro atoms. The highest BCUT2D eigenvalue weighted by atomic mass is 35.5. The molecule has 0 aliphatic rings. The summed E-state index contributed by atoms with van der Waals surface area (Å²) in [6, 6.07) is 11.0. The molecule has 2 aromatic carbocycles. The zero-order valence-electron chi connectivity index (χ0n) is 17.0. The molecule has 1 heterocycles. The number of ether oxygens (including phenoxy) is 3. The van der Waals surface area contributed by atoms with Crippen molar-refractivity contribution in [3.05, 3.63) is 64.5 Å². The fourth-order valence-corrected chi connectivity index (χ4v) is 3.05. The number of benzene rings is 2. The van der Waals surface area contributed by atoms with Crippen LogP contribution in [0.15, 0.2) is 46.9 Å². The van der Waals surface area contributed by atoms with Crippen molar-refractivity contribution in [2.24, 2.45) is 0 Å². The summed E-state index contributed by atoms with van der Waals surface area (Å²) in [5.41, 5.74) is 2.53. The van der Waals surface area contributed by atoms with E-state index in [2.05, 4.69) is 10.2 Å². The van der Waals surface area contributed by atoms with Crippen LogP contribution in [-0.2, 0) is 9.53 Å². The second-order valence-corrected chi connectivity index (χ2v) is 6.87. The molecule has 8 heteroatoms. The first-order valence-electron chi connectivity index (χ1n) is 9.12. The number of carbonyl (C=O) groups is 1. The molecule has 7 nitrogen and oxygen atoms in total. The minimum absolute atomic E-state index is 0.211. The van der Waals surface area contributed by atoms with Gasteiger partial charge in [-0.05, 0) is 49.8 Å². The largest absolute Gasteiger partial charge is 0.493 e. The molecule has 0 aliphatic carbocycles. The lowest BCUT2D eigenvalue weighted by Gasteiger charge is -2.10. The van der Waals surface area contributed by atoms with Gasteiger partial charge in [0, 0.05) is 11.6 Å². The molecule has 3 aromatic rings. The minimum Gasteiger partial charge on any atom is -0.493 e. The van der Waals surface area contributed by atoms with E-state index in [9.17, 15) is 4.79 Å². The summed E-state index contributed by atoms with van der Waals surface area (Å²) < 4.78 is 21.4. The molecule has 1 aromatic heterocycles. The maximum absolute atomic E-state index is 12.2. The lowest BCUT2D eigenvalue weighted by Crippen LogP contribution is -2.06. The number of methoxy groups -OCH3 is 2. The topological polar surface area (TPSA) is 83.7 Å². The van der Waals surface area contributed by atoms with Crippen LogP contribution in [0.5, 0.6) is 11.5 Å². The Morgan fingerprint density at radius 2 is 1.97 bits per heavy atom. The molecule has 30 heavy (non-hydrogen) atoms. The molecule has 0 bridgehead atoms. The maximum atomic E-state index is 12.2. The van der Waals surface area contributed by atoms with Crippen LogP contribution in [0.2, 0.25) is 5.02 Å². The summed E-state index contributed by atoms with van der Waals surface area (Å²) in [5, 5.41) is 8.38. The molecule has 0 radical (unpaired) electrons. The van der Waals surface area contributed by atoms with E-state index in [1.165, 1.54) is 20.3 Å². The molecule has 0 saturated carbocycles. The van der Waals surface area contributed by atoms with Crippen molar-refractivity contribution in [2.45, 2.75) is 20.0 Å². The van der Waals surface area contributed by atoms with Gasteiger partial charge in [0.2, 0.25) is 5.89 Å². The van der Waals surface area contributed by atoms with Crippen LogP contribution in [0, 0.1) is 6.92 Å².